The Morgan fingerprint density at radius 2 is 1.68 bits per heavy atom. The minimum atomic E-state index is -0.0193. The van der Waals surface area contributed by atoms with E-state index in [9.17, 15) is 4.79 Å². The molecule has 1 N–H and O–H groups in total. The minimum absolute atomic E-state index is 0.0193. The van der Waals surface area contributed by atoms with Gasteiger partial charge in [-0.1, -0.05) is 66.2 Å². The Kier molecular flexibility index (Phi) is 7.66. The first-order valence-corrected chi connectivity index (χ1v) is 10.2. The third kappa shape index (κ3) is 6.48. The number of carbonyl (C=O) groups excluding carboxylic acids is 1. The van der Waals surface area contributed by atoms with E-state index < -0.39 is 0 Å². The highest BCUT2D eigenvalue weighted by Crippen LogP contribution is 2.16. The summed E-state index contributed by atoms with van der Waals surface area (Å²) >= 11 is 5.92. The van der Waals surface area contributed by atoms with Gasteiger partial charge in [0.05, 0.1) is 12.6 Å². The number of hydrogen-bond acceptors (Lipinski definition) is 3. The van der Waals surface area contributed by atoms with Gasteiger partial charge in [0.2, 0.25) is 5.91 Å². The molecule has 3 rings (SSSR count). The second kappa shape index (κ2) is 10.4. The standard InChI is InChI=1S/C23H28ClN3O/c1-19(21-9-11-22(24)12-10-21)25-23(28)18-27-16-14-26(15-17-27)13-5-8-20-6-3-2-4-7-20/h2-12,19H,13-18H2,1H3,(H,25,28). The zero-order chi connectivity index (χ0) is 19.8. The first-order chi connectivity index (χ1) is 13.6. The molecule has 1 fully saturated rings. The van der Waals surface area contributed by atoms with Crippen molar-refractivity contribution in [2.45, 2.75) is 13.0 Å². The highest BCUT2D eigenvalue weighted by atomic mass is 35.5. The van der Waals surface area contributed by atoms with Crippen molar-refractivity contribution in [2.75, 3.05) is 39.3 Å². The summed E-state index contributed by atoms with van der Waals surface area (Å²) in [4.78, 5) is 17.0. The maximum atomic E-state index is 12.4. The molecule has 5 heteroatoms. The molecule has 0 saturated carbocycles. The molecular formula is C23H28ClN3O. The lowest BCUT2D eigenvalue weighted by Crippen LogP contribution is -2.49. The predicted octanol–water partition coefficient (Wildman–Crippen LogP) is 3.85. The lowest BCUT2D eigenvalue weighted by Gasteiger charge is -2.33. The van der Waals surface area contributed by atoms with Gasteiger partial charge in [0.25, 0.3) is 0 Å². The first kappa shape index (κ1) is 20.6. The fourth-order valence-corrected chi connectivity index (χ4v) is 3.48. The van der Waals surface area contributed by atoms with Crippen molar-refractivity contribution < 1.29 is 4.79 Å². The molecule has 1 atom stereocenters. The first-order valence-electron chi connectivity index (χ1n) is 9.81. The number of halogens is 1. The van der Waals surface area contributed by atoms with Crippen LogP contribution < -0.4 is 5.32 Å². The average Bonchev–Trinajstić information content (AvgIpc) is 2.70. The van der Waals surface area contributed by atoms with Crippen LogP contribution in [0.25, 0.3) is 6.08 Å². The highest BCUT2D eigenvalue weighted by Gasteiger charge is 2.19. The van der Waals surface area contributed by atoms with Crippen LogP contribution in [0.2, 0.25) is 5.02 Å². The van der Waals surface area contributed by atoms with Crippen molar-refractivity contribution in [1.82, 2.24) is 15.1 Å². The molecule has 0 radical (unpaired) electrons. The van der Waals surface area contributed by atoms with Gasteiger partial charge in [-0.25, -0.2) is 0 Å². The Hall–Kier alpha value is -2.14. The Bertz CT molecular complexity index is 768. The van der Waals surface area contributed by atoms with Crippen molar-refractivity contribution in [3.8, 4) is 0 Å². The Morgan fingerprint density at radius 3 is 2.36 bits per heavy atom. The van der Waals surface area contributed by atoms with E-state index in [0.717, 1.165) is 38.3 Å². The van der Waals surface area contributed by atoms with Crippen LogP contribution in [-0.4, -0.2) is 55.0 Å². The molecular weight excluding hydrogens is 370 g/mol. The van der Waals surface area contributed by atoms with Gasteiger partial charge in [0, 0.05) is 37.7 Å². The molecule has 4 nitrogen and oxygen atoms in total. The second-order valence-corrected chi connectivity index (χ2v) is 7.67. The van der Waals surface area contributed by atoms with Crippen LogP contribution in [0, 0.1) is 0 Å². The van der Waals surface area contributed by atoms with Gasteiger partial charge in [0.15, 0.2) is 0 Å². The van der Waals surface area contributed by atoms with Crippen LogP contribution in [0.3, 0.4) is 0 Å². The SMILES string of the molecule is CC(NC(=O)CN1CCN(CC=Cc2ccccc2)CC1)c1ccc(Cl)cc1. The van der Waals surface area contributed by atoms with E-state index in [1.165, 1.54) is 5.56 Å². The van der Waals surface area contributed by atoms with E-state index in [0.29, 0.717) is 11.6 Å². The number of nitrogens with zero attached hydrogens (tertiary/aromatic N) is 2. The van der Waals surface area contributed by atoms with Gasteiger partial charge in [-0.15, -0.1) is 0 Å². The summed E-state index contributed by atoms with van der Waals surface area (Å²) < 4.78 is 0. The van der Waals surface area contributed by atoms with E-state index >= 15 is 0 Å². The molecule has 1 aliphatic heterocycles. The third-order valence-corrected chi connectivity index (χ3v) is 5.31. The lowest BCUT2D eigenvalue weighted by atomic mass is 10.1. The summed E-state index contributed by atoms with van der Waals surface area (Å²) in [7, 11) is 0. The van der Waals surface area contributed by atoms with Crippen molar-refractivity contribution in [1.29, 1.82) is 0 Å². The number of amides is 1. The molecule has 1 aliphatic rings. The average molecular weight is 398 g/mol. The normalized spacial score (nSPS) is 16.9. The van der Waals surface area contributed by atoms with Crippen LogP contribution in [0.15, 0.2) is 60.7 Å². The molecule has 2 aromatic rings. The number of carbonyl (C=O) groups is 1. The fraction of sp³-hybridized carbons (Fsp3) is 0.348. The monoisotopic (exact) mass is 397 g/mol. The Labute approximate surface area is 172 Å². The number of hydrogen-bond donors (Lipinski definition) is 1. The van der Waals surface area contributed by atoms with Crippen LogP contribution in [0.1, 0.15) is 24.1 Å². The maximum absolute atomic E-state index is 12.4. The number of nitrogens with one attached hydrogen (secondary N) is 1. The minimum Gasteiger partial charge on any atom is -0.348 e. The largest absolute Gasteiger partial charge is 0.348 e. The quantitative estimate of drug-likeness (QED) is 0.770. The zero-order valence-corrected chi connectivity index (χ0v) is 17.1. The summed E-state index contributed by atoms with van der Waals surface area (Å²) in [5.74, 6) is 0.0693. The number of rotatable bonds is 7. The van der Waals surface area contributed by atoms with Gasteiger partial charge >= 0.3 is 0 Å². The van der Waals surface area contributed by atoms with Gasteiger partial charge in [-0.3, -0.25) is 14.6 Å². The van der Waals surface area contributed by atoms with Crippen LogP contribution in [-0.2, 0) is 4.79 Å². The molecule has 1 heterocycles. The van der Waals surface area contributed by atoms with E-state index in [1.54, 1.807) is 0 Å². The van der Waals surface area contributed by atoms with Crippen LogP contribution >= 0.6 is 11.6 Å². The fourth-order valence-electron chi connectivity index (χ4n) is 3.36. The van der Waals surface area contributed by atoms with E-state index in [-0.39, 0.29) is 11.9 Å². The molecule has 0 spiro atoms. The van der Waals surface area contributed by atoms with Crippen molar-refractivity contribution in [3.05, 3.63) is 76.8 Å². The maximum Gasteiger partial charge on any atom is 0.234 e. The number of piperazine rings is 1. The van der Waals surface area contributed by atoms with Gasteiger partial charge in [0.1, 0.15) is 0 Å². The summed E-state index contributed by atoms with van der Waals surface area (Å²) in [6.45, 7) is 7.20. The second-order valence-electron chi connectivity index (χ2n) is 7.23. The van der Waals surface area contributed by atoms with Gasteiger partial charge < -0.3 is 5.32 Å². The van der Waals surface area contributed by atoms with Crippen LogP contribution in [0.4, 0.5) is 0 Å². The molecule has 0 bridgehead atoms. The van der Waals surface area contributed by atoms with Crippen molar-refractivity contribution in [2.24, 2.45) is 0 Å². The molecule has 148 valence electrons. The highest BCUT2D eigenvalue weighted by molar-refractivity contribution is 6.30. The number of benzene rings is 2. The molecule has 1 saturated heterocycles. The summed E-state index contributed by atoms with van der Waals surface area (Å²) in [6, 6.07) is 17.9. The third-order valence-electron chi connectivity index (χ3n) is 5.05. The predicted molar refractivity (Wildman–Crippen MR) is 116 cm³/mol. The molecule has 1 unspecified atom stereocenters. The van der Waals surface area contributed by atoms with E-state index in [4.69, 9.17) is 11.6 Å². The lowest BCUT2D eigenvalue weighted by molar-refractivity contribution is -0.123. The van der Waals surface area contributed by atoms with Crippen molar-refractivity contribution >= 4 is 23.6 Å². The Balaban J connectivity index is 1.37. The van der Waals surface area contributed by atoms with Gasteiger partial charge in [-0.05, 0) is 30.2 Å². The van der Waals surface area contributed by atoms with E-state index in [2.05, 4.69) is 51.5 Å². The van der Waals surface area contributed by atoms with Gasteiger partial charge in [-0.2, -0.15) is 0 Å². The molecule has 1 amide bonds. The smallest absolute Gasteiger partial charge is 0.234 e. The zero-order valence-electron chi connectivity index (χ0n) is 16.4. The molecule has 28 heavy (non-hydrogen) atoms. The molecule has 0 aromatic heterocycles. The Morgan fingerprint density at radius 1 is 1.04 bits per heavy atom. The van der Waals surface area contributed by atoms with E-state index in [1.807, 2.05) is 37.3 Å². The summed E-state index contributed by atoms with van der Waals surface area (Å²) in [5.41, 5.74) is 2.29. The topological polar surface area (TPSA) is 35.6 Å². The van der Waals surface area contributed by atoms with Crippen LogP contribution in [0.5, 0.6) is 0 Å². The summed E-state index contributed by atoms with van der Waals surface area (Å²) in [6.07, 6.45) is 4.38. The van der Waals surface area contributed by atoms with Crippen molar-refractivity contribution in [3.63, 3.8) is 0 Å². The summed E-state index contributed by atoms with van der Waals surface area (Å²) in [5, 5.41) is 3.79. The molecule has 0 aliphatic carbocycles. The molecule has 2 aromatic carbocycles.